The summed E-state index contributed by atoms with van der Waals surface area (Å²) >= 11 is 0. The van der Waals surface area contributed by atoms with Gasteiger partial charge in [0.1, 0.15) is 0 Å². The maximum atomic E-state index is 13.2. The third kappa shape index (κ3) is 6.35. The van der Waals surface area contributed by atoms with E-state index < -0.39 is 26.0 Å². The molecule has 0 aliphatic rings. The van der Waals surface area contributed by atoms with Crippen LogP contribution in [0.15, 0.2) is 88.7 Å². The Morgan fingerprint density at radius 3 is 1.93 bits per heavy atom. The maximum Gasteiger partial charge on any atom is 0.262 e. The van der Waals surface area contributed by atoms with Crippen molar-refractivity contribution in [1.82, 2.24) is 0 Å². The monoisotopic (exact) mass is 577 g/mol. The SMILES string of the molecule is Cc1ccc(NS(=O)(=O)c2ccc(NC(=O)c3ccc(C)c(S(=O)(=O)Nc4cccc(C)c4C)c3)cc2)cc1C. The highest BCUT2D eigenvalue weighted by molar-refractivity contribution is 7.93. The smallest absolute Gasteiger partial charge is 0.262 e. The third-order valence-electron chi connectivity index (χ3n) is 6.77. The molecule has 4 aromatic rings. The number of amides is 1. The van der Waals surface area contributed by atoms with Gasteiger partial charge >= 0.3 is 0 Å². The fraction of sp³-hybridized carbons (Fsp3) is 0.167. The number of benzene rings is 4. The Morgan fingerprint density at radius 2 is 1.25 bits per heavy atom. The summed E-state index contributed by atoms with van der Waals surface area (Å²) in [4.78, 5) is 13.0. The van der Waals surface area contributed by atoms with Crippen LogP contribution in [0.3, 0.4) is 0 Å². The lowest BCUT2D eigenvalue weighted by molar-refractivity contribution is 0.102. The summed E-state index contributed by atoms with van der Waals surface area (Å²) < 4.78 is 57.3. The first kappa shape index (κ1) is 28.8. The van der Waals surface area contributed by atoms with Gasteiger partial charge in [-0.05, 0) is 117 Å². The van der Waals surface area contributed by atoms with Crippen LogP contribution in [0, 0.1) is 34.6 Å². The average Bonchev–Trinajstić information content (AvgIpc) is 2.89. The van der Waals surface area contributed by atoms with Crippen molar-refractivity contribution >= 4 is 43.0 Å². The molecule has 3 N–H and O–H groups in total. The molecular weight excluding hydrogens is 546 g/mol. The molecule has 0 aliphatic carbocycles. The van der Waals surface area contributed by atoms with Gasteiger partial charge in [0.2, 0.25) is 0 Å². The lowest BCUT2D eigenvalue weighted by Gasteiger charge is -2.15. The Balaban J connectivity index is 1.51. The molecule has 0 unspecified atom stereocenters. The highest BCUT2D eigenvalue weighted by Gasteiger charge is 2.21. The largest absolute Gasteiger partial charge is 0.322 e. The zero-order valence-electron chi connectivity index (χ0n) is 22.9. The molecule has 0 saturated carbocycles. The van der Waals surface area contributed by atoms with Crippen LogP contribution < -0.4 is 14.8 Å². The first-order valence-electron chi connectivity index (χ1n) is 12.5. The quantitative estimate of drug-likeness (QED) is 0.234. The van der Waals surface area contributed by atoms with Crippen molar-refractivity contribution in [1.29, 1.82) is 0 Å². The first-order chi connectivity index (χ1) is 18.8. The van der Waals surface area contributed by atoms with Gasteiger partial charge in [0.15, 0.2) is 0 Å². The highest BCUT2D eigenvalue weighted by Crippen LogP contribution is 2.25. The number of sulfonamides is 2. The van der Waals surface area contributed by atoms with E-state index in [9.17, 15) is 21.6 Å². The van der Waals surface area contributed by atoms with Crippen molar-refractivity contribution in [3.63, 3.8) is 0 Å². The molecule has 0 atom stereocenters. The minimum Gasteiger partial charge on any atom is -0.322 e. The molecule has 208 valence electrons. The Bertz CT molecular complexity index is 1820. The van der Waals surface area contributed by atoms with E-state index in [1.807, 2.05) is 39.8 Å². The van der Waals surface area contributed by atoms with Gasteiger partial charge in [-0.2, -0.15) is 0 Å². The summed E-state index contributed by atoms with van der Waals surface area (Å²) in [6.45, 7) is 9.23. The number of anilines is 3. The van der Waals surface area contributed by atoms with Gasteiger partial charge < -0.3 is 5.32 Å². The molecule has 0 fully saturated rings. The van der Waals surface area contributed by atoms with Crippen molar-refractivity contribution < 1.29 is 21.6 Å². The van der Waals surface area contributed by atoms with E-state index in [-0.39, 0.29) is 15.4 Å². The molecular formula is C30H31N3O5S2. The third-order valence-corrected chi connectivity index (χ3v) is 9.68. The number of nitrogens with one attached hydrogen (secondary N) is 3. The molecule has 0 aliphatic heterocycles. The van der Waals surface area contributed by atoms with Gasteiger partial charge in [-0.1, -0.05) is 24.3 Å². The lowest BCUT2D eigenvalue weighted by atomic mass is 10.1. The van der Waals surface area contributed by atoms with Crippen molar-refractivity contribution in [3.8, 4) is 0 Å². The van der Waals surface area contributed by atoms with E-state index in [2.05, 4.69) is 14.8 Å². The minimum absolute atomic E-state index is 0.0140. The molecule has 0 spiro atoms. The number of rotatable bonds is 8. The minimum atomic E-state index is -3.97. The summed E-state index contributed by atoms with van der Waals surface area (Å²) in [6, 6.07) is 20.8. The Morgan fingerprint density at radius 1 is 0.600 bits per heavy atom. The molecule has 0 saturated heterocycles. The number of hydrogen-bond acceptors (Lipinski definition) is 5. The zero-order chi connectivity index (χ0) is 29.2. The Labute approximate surface area is 235 Å². The van der Waals surface area contributed by atoms with Gasteiger partial charge in [0.25, 0.3) is 26.0 Å². The summed E-state index contributed by atoms with van der Waals surface area (Å²) in [7, 11) is -7.80. The van der Waals surface area contributed by atoms with E-state index in [0.29, 0.717) is 22.6 Å². The standard InChI is InChI=1S/C30H31N3O5S2/c1-19-10-12-26(17-22(19)4)32-39(35,36)27-15-13-25(14-16-27)31-30(34)24-11-9-21(3)29(18-24)40(37,38)33-28-8-6-7-20(2)23(28)5/h6-18,32-33H,1-5H3,(H,31,34). The maximum absolute atomic E-state index is 13.2. The fourth-order valence-electron chi connectivity index (χ4n) is 4.03. The van der Waals surface area contributed by atoms with Crippen LogP contribution in [0.1, 0.15) is 38.2 Å². The van der Waals surface area contributed by atoms with Gasteiger partial charge in [0, 0.05) is 16.9 Å². The van der Waals surface area contributed by atoms with Crippen LogP contribution in [0.2, 0.25) is 0 Å². The van der Waals surface area contributed by atoms with Gasteiger partial charge in [-0.15, -0.1) is 0 Å². The van der Waals surface area contributed by atoms with Gasteiger partial charge in [-0.3, -0.25) is 14.2 Å². The molecule has 10 heteroatoms. The van der Waals surface area contributed by atoms with Crippen molar-refractivity contribution in [3.05, 3.63) is 112 Å². The fourth-order valence-corrected chi connectivity index (χ4v) is 6.48. The number of carbonyl (C=O) groups excluding carboxylic acids is 1. The highest BCUT2D eigenvalue weighted by atomic mass is 32.2. The molecule has 1 amide bonds. The van der Waals surface area contributed by atoms with E-state index in [1.165, 1.54) is 36.4 Å². The van der Waals surface area contributed by atoms with Crippen LogP contribution in [-0.2, 0) is 20.0 Å². The second kappa shape index (κ2) is 11.1. The van der Waals surface area contributed by atoms with Crippen molar-refractivity contribution in [2.75, 3.05) is 14.8 Å². The van der Waals surface area contributed by atoms with Crippen LogP contribution in [0.4, 0.5) is 17.1 Å². The van der Waals surface area contributed by atoms with E-state index in [4.69, 9.17) is 0 Å². The molecule has 0 radical (unpaired) electrons. The predicted molar refractivity (Wildman–Crippen MR) is 159 cm³/mol. The van der Waals surface area contributed by atoms with Crippen molar-refractivity contribution in [2.45, 2.75) is 44.4 Å². The average molecular weight is 578 g/mol. The summed E-state index contributed by atoms with van der Waals surface area (Å²) in [6.07, 6.45) is 0. The summed E-state index contributed by atoms with van der Waals surface area (Å²) in [5.41, 5.74) is 5.69. The van der Waals surface area contributed by atoms with Crippen LogP contribution in [0.5, 0.6) is 0 Å². The molecule has 4 aromatic carbocycles. The lowest BCUT2D eigenvalue weighted by Crippen LogP contribution is -2.18. The molecule has 0 bridgehead atoms. The van der Waals surface area contributed by atoms with E-state index in [0.717, 1.165) is 22.3 Å². The predicted octanol–water partition coefficient (Wildman–Crippen LogP) is 6.08. The summed E-state index contributed by atoms with van der Waals surface area (Å²) in [5.74, 6) is -0.535. The van der Waals surface area contributed by atoms with Crippen LogP contribution in [-0.4, -0.2) is 22.7 Å². The van der Waals surface area contributed by atoms with Crippen LogP contribution in [0.25, 0.3) is 0 Å². The van der Waals surface area contributed by atoms with Crippen molar-refractivity contribution in [2.24, 2.45) is 0 Å². The Hall–Kier alpha value is -4.15. The first-order valence-corrected chi connectivity index (χ1v) is 15.4. The topological polar surface area (TPSA) is 121 Å². The molecule has 0 heterocycles. The number of hydrogen-bond donors (Lipinski definition) is 3. The van der Waals surface area contributed by atoms with Crippen LogP contribution >= 0.6 is 0 Å². The number of carbonyl (C=O) groups is 1. The summed E-state index contributed by atoms with van der Waals surface area (Å²) in [5, 5.41) is 2.70. The van der Waals surface area contributed by atoms with Gasteiger partial charge in [0.05, 0.1) is 15.5 Å². The molecule has 4 rings (SSSR count). The van der Waals surface area contributed by atoms with Gasteiger partial charge in [-0.25, -0.2) is 16.8 Å². The van der Waals surface area contributed by atoms with E-state index >= 15 is 0 Å². The second-order valence-electron chi connectivity index (χ2n) is 9.72. The van der Waals surface area contributed by atoms with E-state index in [1.54, 1.807) is 37.3 Å². The molecule has 0 aromatic heterocycles. The Kier molecular flexibility index (Phi) is 8.04. The molecule has 40 heavy (non-hydrogen) atoms. The number of aryl methyl sites for hydroxylation is 4. The second-order valence-corrected chi connectivity index (χ2v) is 13.0. The zero-order valence-corrected chi connectivity index (χ0v) is 24.5. The normalized spacial score (nSPS) is 11.6. The molecule has 8 nitrogen and oxygen atoms in total.